The summed E-state index contributed by atoms with van der Waals surface area (Å²) >= 11 is 0. The van der Waals surface area contributed by atoms with Gasteiger partial charge in [-0.15, -0.1) is 0 Å². The molecule has 2 saturated carbocycles. The van der Waals surface area contributed by atoms with Gasteiger partial charge in [0, 0.05) is 30.9 Å². The van der Waals surface area contributed by atoms with Crippen molar-refractivity contribution in [3.63, 3.8) is 0 Å². The topological polar surface area (TPSA) is 42.1 Å². The molecular weight excluding hydrogens is 246 g/mol. The minimum Gasteiger partial charge on any atom is -0.356 e. The van der Waals surface area contributed by atoms with Crippen molar-refractivity contribution in [2.45, 2.75) is 51.5 Å². The molecule has 0 bridgehead atoms. The van der Waals surface area contributed by atoms with Gasteiger partial charge in [0.05, 0.1) is 0 Å². The van der Waals surface area contributed by atoms with E-state index in [9.17, 15) is 0 Å². The highest BCUT2D eigenvalue weighted by atomic mass is 15.2. The lowest BCUT2D eigenvalue weighted by molar-refractivity contribution is 0.666. The van der Waals surface area contributed by atoms with Crippen molar-refractivity contribution in [1.29, 1.82) is 0 Å². The average Bonchev–Trinajstić information content (AvgIpc) is 3.38. The fraction of sp³-hybridized carbons (Fsp3) is 0.706. The largest absolute Gasteiger partial charge is 0.356 e. The fourth-order valence-electron chi connectivity index (χ4n) is 3.40. The van der Waals surface area contributed by atoms with E-state index in [1.807, 2.05) is 0 Å². The molecule has 3 aliphatic rings. The van der Waals surface area contributed by atoms with Gasteiger partial charge in [-0.25, -0.2) is 4.98 Å². The normalized spacial score (nSPS) is 21.1. The Morgan fingerprint density at radius 1 is 1.10 bits per heavy atom. The third kappa shape index (κ3) is 2.56. The highest BCUT2D eigenvalue weighted by Gasteiger charge is 2.31. The van der Waals surface area contributed by atoms with Gasteiger partial charge in [0.15, 0.2) is 0 Å². The summed E-state index contributed by atoms with van der Waals surface area (Å²) in [5.74, 6) is 3.04. The SMILES string of the molecule is NCc1cc2c(nc1N(CC1CC1)CC1CC1)CCC2. The molecule has 3 aliphatic carbocycles. The highest BCUT2D eigenvalue weighted by Crippen LogP contribution is 2.37. The fourth-order valence-corrected chi connectivity index (χ4v) is 3.40. The van der Waals surface area contributed by atoms with Gasteiger partial charge >= 0.3 is 0 Å². The monoisotopic (exact) mass is 271 g/mol. The van der Waals surface area contributed by atoms with Crippen LogP contribution >= 0.6 is 0 Å². The van der Waals surface area contributed by atoms with E-state index in [1.165, 1.54) is 74.3 Å². The van der Waals surface area contributed by atoms with E-state index < -0.39 is 0 Å². The molecule has 20 heavy (non-hydrogen) atoms. The van der Waals surface area contributed by atoms with Crippen LogP contribution in [0.1, 0.15) is 48.9 Å². The lowest BCUT2D eigenvalue weighted by Crippen LogP contribution is -2.30. The van der Waals surface area contributed by atoms with Gasteiger partial charge in [0.2, 0.25) is 0 Å². The molecule has 0 unspecified atom stereocenters. The zero-order valence-corrected chi connectivity index (χ0v) is 12.3. The van der Waals surface area contributed by atoms with Crippen molar-refractivity contribution in [2.24, 2.45) is 17.6 Å². The number of pyridine rings is 1. The Kier molecular flexibility index (Phi) is 3.18. The number of fused-ring (bicyclic) bond motifs is 1. The average molecular weight is 271 g/mol. The summed E-state index contributed by atoms with van der Waals surface area (Å²) < 4.78 is 0. The number of aryl methyl sites for hydroxylation is 2. The molecule has 0 aromatic carbocycles. The van der Waals surface area contributed by atoms with Gasteiger partial charge in [0.25, 0.3) is 0 Å². The third-order valence-corrected chi connectivity index (χ3v) is 4.98. The first kappa shape index (κ1) is 12.6. The van der Waals surface area contributed by atoms with Crippen LogP contribution in [0.2, 0.25) is 0 Å². The number of hydrogen-bond acceptors (Lipinski definition) is 3. The van der Waals surface area contributed by atoms with E-state index in [-0.39, 0.29) is 0 Å². The zero-order valence-electron chi connectivity index (χ0n) is 12.3. The predicted octanol–water partition coefficient (Wildman–Crippen LogP) is 2.66. The first-order chi connectivity index (χ1) is 9.83. The van der Waals surface area contributed by atoms with Gasteiger partial charge in [-0.05, 0) is 68.4 Å². The van der Waals surface area contributed by atoms with Crippen LogP contribution in [0.5, 0.6) is 0 Å². The Labute approximate surface area is 121 Å². The summed E-state index contributed by atoms with van der Waals surface area (Å²) in [4.78, 5) is 7.60. The molecule has 1 heterocycles. The van der Waals surface area contributed by atoms with Gasteiger partial charge in [0.1, 0.15) is 5.82 Å². The molecule has 2 N–H and O–H groups in total. The molecular formula is C17H25N3. The second kappa shape index (κ2) is 5.03. The maximum atomic E-state index is 6.01. The van der Waals surface area contributed by atoms with Crippen molar-refractivity contribution in [3.8, 4) is 0 Å². The molecule has 0 amide bonds. The molecule has 4 rings (SSSR count). The molecule has 0 atom stereocenters. The van der Waals surface area contributed by atoms with Crippen LogP contribution in [0.25, 0.3) is 0 Å². The quantitative estimate of drug-likeness (QED) is 0.865. The molecule has 0 saturated heterocycles. The first-order valence-corrected chi connectivity index (χ1v) is 8.30. The number of anilines is 1. The number of aromatic nitrogens is 1. The first-order valence-electron chi connectivity index (χ1n) is 8.30. The predicted molar refractivity (Wildman–Crippen MR) is 81.8 cm³/mol. The van der Waals surface area contributed by atoms with Crippen molar-refractivity contribution in [3.05, 3.63) is 22.9 Å². The minimum absolute atomic E-state index is 0.626. The van der Waals surface area contributed by atoms with E-state index in [1.54, 1.807) is 0 Å². The standard InChI is InChI=1S/C17H25N3/c18-9-15-8-14-2-1-3-16(14)19-17(15)20(10-12-4-5-12)11-13-6-7-13/h8,12-13H,1-7,9-11,18H2. The zero-order chi connectivity index (χ0) is 13.5. The summed E-state index contributed by atoms with van der Waals surface area (Å²) in [7, 11) is 0. The number of nitrogens with two attached hydrogens (primary N) is 1. The van der Waals surface area contributed by atoms with Crippen molar-refractivity contribution >= 4 is 5.82 Å². The molecule has 108 valence electrons. The molecule has 3 heteroatoms. The summed E-state index contributed by atoms with van der Waals surface area (Å²) in [5, 5.41) is 0. The van der Waals surface area contributed by atoms with E-state index in [2.05, 4.69) is 11.0 Å². The number of hydrogen-bond donors (Lipinski definition) is 1. The van der Waals surface area contributed by atoms with Crippen LogP contribution < -0.4 is 10.6 Å². The number of rotatable bonds is 6. The summed E-state index contributed by atoms with van der Waals surface area (Å²) in [6.07, 6.45) is 9.25. The van der Waals surface area contributed by atoms with Crippen LogP contribution in [-0.4, -0.2) is 18.1 Å². The summed E-state index contributed by atoms with van der Waals surface area (Å²) in [6.45, 7) is 3.03. The molecule has 2 fully saturated rings. The maximum absolute atomic E-state index is 6.01. The second-order valence-electron chi connectivity index (χ2n) is 6.93. The van der Waals surface area contributed by atoms with E-state index in [0.717, 1.165) is 18.3 Å². The van der Waals surface area contributed by atoms with Crippen LogP contribution in [0.4, 0.5) is 5.82 Å². The van der Waals surface area contributed by atoms with E-state index in [0.29, 0.717) is 6.54 Å². The second-order valence-corrected chi connectivity index (χ2v) is 6.93. The maximum Gasteiger partial charge on any atom is 0.133 e. The smallest absolute Gasteiger partial charge is 0.133 e. The van der Waals surface area contributed by atoms with Crippen molar-refractivity contribution in [2.75, 3.05) is 18.0 Å². The number of nitrogens with zero attached hydrogens (tertiary/aromatic N) is 2. The van der Waals surface area contributed by atoms with Gasteiger partial charge in [-0.1, -0.05) is 0 Å². The van der Waals surface area contributed by atoms with Crippen LogP contribution in [0, 0.1) is 11.8 Å². The highest BCUT2D eigenvalue weighted by molar-refractivity contribution is 5.51. The van der Waals surface area contributed by atoms with Gasteiger partial charge in [-0.2, -0.15) is 0 Å². The Hall–Kier alpha value is -1.09. The van der Waals surface area contributed by atoms with Crippen molar-refractivity contribution in [1.82, 2.24) is 4.98 Å². The van der Waals surface area contributed by atoms with Gasteiger partial charge < -0.3 is 10.6 Å². The van der Waals surface area contributed by atoms with E-state index in [4.69, 9.17) is 10.7 Å². The Morgan fingerprint density at radius 3 is 2.40 bits per heavy atom. The molecule has 1 aromatic rings. The van der Waals surface area contributed by atoms with Crippen molar-refractivity contribution < 1.29 is 0 Å². The summed E-state index contributed by atoms with van der Waals surface area (Å²) in [5.41, 5.74) is 10.1. The van der Waals surface area contributed by atoms with Crippen LogP contribution in [0.3, 0.4) is 0 Å². The Balaban J connectivity index is 1.65. The van der Waals surface area contributed by atoms with Gasteiger partial charge in [-0.3, -0.25) is 0 Å². The Bertz CT molecular complexity index is 489. The molecule has 0 spiro atoms. The molecule has 3 nitrogen and oxygen atoms in total. The van der Waals surface area contributed by atoms with Crippen LogP contribution in [0.15, 0.2) is 6.07 Å². The lowest BCUT2D eigenvalue weighted by Gasteiger charge is -2.26. The van der Waals surface area contributed by atoms with E-state index >= 15 is 0 Å². The lowest BCUT2D eigenvalue weighted by atomic mass is 10.1. The summed E-state index contributed by atoms with van der Waals surface area (Å²) in [6, 6.07) is 2.34. The Morgan fingerprint density at radius 2 is 1.80 bits per heavy atom. The van der Waals surface area contributed by atoms with Crippen LogP contribution in [-0.2, 0) is 19.4 Å². The molecule has 0 aliphatic heterocycles. The molecule has 0 radical (unpaired) electrons. The third-order valence-electron chi connectivity index (χ3n) is 4.98. The molecule has 1 aromatic heterocycles. The minimum atomic E-state index is 0.626.